The smallest absolute Gasteiger partial charge is 0.365 e. The highest BCUT2D eigenvalue weighted by Crippen LogP contribution is 2.22. The number of hydrogen-bond donors (Lipinski definition) is 1. The van der Waals surface area contributed by atoms with Gasteiger partial charge in [0.1, 0.15) is 11.8 Å². The van der Waals surface area contributed by atoms with Crippen LogP contribution in [0.15, 0.2) is 59.5 Å². The van der Waals surface area contributed by atoms with Crippen LogP contribution in [0.4, 0.5) is 5.69 Å². The van der Waals surface area contributed by atoms with Crippen molar-refractivity contribution in [1.29, 1.82) is 0 Å². The van der Waals surface area contributed by atoms with Crippen molar-refractivity contribution in [3.05, 3.63) is 70.2 Å². The number of aromatic nitrogens is 3. The van der Waals surface area contributed by atoms with E-state index in [0.29, 0.717) is 27.7 Å². The van der Waals surface area contributed by atoms with Gasteiger partial charge in [0.2, 0.25) is 5.91 Å². The van der Waals surface area contributed by atoms with Gasteiger partial charge in [0, 0.05) is 5.56 Å². The van der Waals surface area contributed by atoms with Gasteiger partial charge in [-0.25, -0.2) is 9.48 Å². The summed E-state index contributed by atoms with van der Waals surface area (Å²) in [5.74, 6) is 0.222. The van der Waals surface area contributed by atoms with Gasteiger partial charge in [0.15, 0.2) is 0 Å². The first-order valence-corrected chi connectivity index (χ1v) is 8.53. The van der Waals surface area contributed by atoms with Crippen LogP contribution in [0.3, 0.4) is 0 Å². The quantitative estimate of drug-likeness (QED) is 0.730. The minimum absolute atomic E-state index is 0.397. The topological polar surface area (TPSA) is 86.1 Å². The van der Waals surface area contributed by atoms with Crippen LogP contribution >= 0.6 is 11.6 Å². The van der Waals surface area contributed by atoms with Gasteiger partial charge in [-0.05, 0) is 31.2 Å². The Morgan fingerprint density at radius 3 is 2.70 bits per heavy atom. The molecule has 3 aromatic rings. The number of ether oxygens (including phenoxy) is 1. The van der Waals surface area contributed by atoms with Crippen LogP contribution in [0.1, 0.15) is 13.0 Å². The lowest BCUT2D eigenvalue weighted by molar-refractivity contribution is -0.119. The summed E-state index contributed by atoms with van der Waals surface area (Å²) < 4.78 is 6.19. The molecule has 0 unspecified atom stereocenters. The van der Waals surface area contributed by atoms with Gasteiger partial charge in [-0.1, -0.05) is 35.9 Å². The van der Waals surface area contributed by atoms with Gasteiger partial charge in [0.05, 0.1) is 29.7 Å². The molecule has 3 rings (SSSR count). The van der Waals surface area contributed by atoms with E-state index in [0.717, 1.165) is 4.68 Å². The molecule has 0 aliphatic heterocycles. The maximum absolute atomic E-state index is 12.4. The van der Waals surface area contributed by atoms with Crippen molar-refractivity contribution >= 4 is 23.2 Å². The lowest BCUT2D eigenvalue weighted by Crippen LogP contribution is -2.34. The van der Waals surface area contributed by atoms with E-state index < -0.39 is 17.6 Å². The third-order valence-electron chi connectivity index (χ3n) is 3.96. The summed E-state index contributed by atoms with van der Waals surface area (Å²) in [4.78, 5) is 28.9. The first-order valence-electron chi connectivity index (χ1n) is 8.15. The first kappa shape index (κ1) is 18.6. The van der Waals surface area contributed by atoms with Crippen molar-refractivity contribution in [2.45, 2.75) is 13.0 Å². The van der Waals surface area contributed by atoms with Crippen LogP contribution in [0.5, 0.6) is 5.75 Å². The molecular formula is C19H17ClN4O3. The van der Waals surface area contributed by atoms with Crippen LogP contribution in [0, 0.1) is 0 Å². The third kappa shape index (κ3) is 4.15. The lowest BCUT2D eigenvalue weighted by Gasteiger charge is -2.14. The normalized spacial score (nSPS) is 11.7. The molecule has 0 spiro atoms. The van der Waals surface area contributed by atoms with Crippen LogP contribution in [-0.4, -0.2) is 27.8 Å². The van der Waals surface area contributed by atoms with Crippen molar-refractivity contribution < 1.29 is 9.53 Å². The Morgan fingerprint density at radius 1 is 1.22 bits per heavy atom. The number of methoxy groups -OCH3 is 1. The molecule has 1 atom stereocenters. The molecule has 138 valence electrons. The lowest BCUT2D eigenvalue weighted by atomic mass is 10.1. The molecule has 0 saturated heterocycles. The highest BCUT2D eigenvalue weighted by atomic mass is 35.5. The van der Waals surface area contributed by atoms with Gasteiger partial charge in [-0.15, -0.1) is 0 Å². The molecule has 1 amide bonds. The predicted octanol–water partition coefficient (Wildman–Crippen LogP) is 3.17. The minimum atomic E-state index is -0.861. The SMILES string of the molecule is COc1cccc(-c2cnn([C@H](C)C(=O)Nc3ccccc3Cl)c(=O)n2)c1. The van der Waals surface area contributed by atoms with E-state index in [4.69, 9.17) is 16.3 Å². The van der Waals surface area contributed by atoms with Crippen LogP contribution in [0.25, 0.3) is 11.3 Å². The van der Waals surface area contributed by atoms with E-state index in [9.17, 15) is 9.59 Å². The monoisotopic (exact) mass is 384 g/mol. The van der Waals surface area contributed by atoms with Gasteiger partial charge in [-0.3, -0.25) is 4.79 Å². The highest BCUT2D eigenvalue weighted by Gasteiger charge is 2.19. The van der Waals surface area contributed by atoms with Crippen molar-refractivity contribution in [3.8, 4) is 17.0 Å². The zero-order valence-corrected chi connectivity index (χ0v) is 15.5. The van der Waals surface area contributed by atoms with Crippen LogP contribution in [-0.2, 0) is 4.79 Å². The molecule has 8 heteroatoms. The summed E-state index contributed by atoms with van der Waals surface area (Å²) in [5.41, 5.74) is 0.926. The minimum Gasteiger partial charge on any atom is -0.497 e. The summed E-state index contributed by atoms with van der Waals surface area (Å²) in [6.45, 7) is 1.56. The van der Waals surface area contributed by atoms with E-state index in [1.54, 1.807) is 62.6 Å². The summed E-state index contributed by atoms with van der Waals surface area (Å²) in [7, 11) is 1.56. The summed E-state index contributed by atoms with van der Waals surface area (Å²) in [5, 5.41) is 7.19. The molecule has 1 heterocycles. The molecule has 2 aromatic carbocycles. The number of nitrogens with zero attached hydrogens (tertiary/aromatic N) is 3. The van der Waals surface area contributed by atoms with Crippen molar-refractivity contribution in [1.82, 2.24) is 14.8 Å². The van der Waals surface area contributed by atoms with Gasteiger partial charge in [-0.2, -0.15) is 10.1 Å². The highest BCUT2D eigenvalue weighted by molar-refractivity contribution is 6.33. The second-order valence-electron chi connectivity index (χ2n) is 5.75. The molecule has 0 radical (unpaired) electrons. The van der Waals surface area contributed by atoms with Gasteiger partial charge < -0.3 is 10.1 Å². The third-order valence-corrected chi connectivity index (χ3v) is 4.29. The van der Waals surface area contributed by atoms with E-state index in [2.05, 4.69) is 15.4 Å². The molecule has 0 saturated carbocycles. The summed E-state index contributed by atoms with van der Waals surface area (Å²) >= 11 is 6.04. The maximum Gasteiger partial charge on any atom is 0.365 e. The fourth-order valence-electron chi connectivity index (χ4n) is 2.45. The molecular weight excluding hydrogens is 368 g/mol. The second kappa shape index (κ2) is 8.01. The Labute approximate surface area is 160 Å². The number of rotatable bonds is 5. The van der Waals surface area contributed by atoms with E-state index >= 15 is 0 Å². The standard InChI is InChI=1S/C19H17ClN4O3/c1-12(18(25)22-16-9-4-3-8-15(16)20)24-19(26)23-17(11-21-24)13-6-5-7-14(10-13)27-2/h3-12H,1-2H3,(H,22,25)/t12-/m1/s1. The van der Waals surface area contributed by atoms with E-state index in [1.807, 2.05) is 0 Å². The van der Waals surface area contributed by atoms with Crippen molar-refractivity contribution in [2.75, 3.05) is 12.4 Å². The molecule has 27 heavy (non-hydrogen) atoms. The Balaban J connectivity index is 1.83. The number of anilines is 1. The first-order chi connectivity index (χ1) is 13.0. The maximum atomic E-state index is 12.4. The van der Waals surface area contributed by atoms with E-state index in [-0.39, 0.29) is 0 Å². The Bertz CT molecular complexity index is 1040. The largest absolute Gasteiger partial charge is 0.497 e. The zero-order chi connectivity index (χ0) is 19.4. The van der Waals surface area contributed by atoms with Gasteiger partial charge in [0.25, 0.3) is 0 Å². The molecule has 1 N–H and O–H groups in total. The Kier molecular flexibility index (Phi) is 5.52. The zero-order valence-electron chi connectivity index (χ0n) is 14.7. The van der Waals surface area contributed by atoms with Gasteiger partial charge >= 0.3 is 5.69 Å². The fraction of sp³-hybridized carbons (Fsp3) is 0.158. The molecule has 0 aliphatic rings. The molecule has 1 aromatic heterocycles. The molecule has 0 fully saturated rings. The number of halogens is 1. The molecule has 7 nitrogen and oxygen atoms in total. The Hall–Kier alpha value is -3.19. The number of hydrogen-bond acceptors (Lipinski definition) is 5. The average molecular weight is 385 g/mol. The second-order valence-corrected chi connectivity index (χ2v) is 6.15. The van der Waals surface area contributed by atoms with E-state index in [1.165, 1.54) is 6.20 Å². The number of nitrogens with one attached hydrogen (secondary N) is 1. The van der Waals surface area contributed by atoms with Crippen LogP contribution in [0.2, 0.25) is 5.02 Å². The molecule has 0 aliphatic carbocycles. The fourth-order valence-corrected chi connectivity index (χ4v) is 2.63. The van der Waals surface area contributed by atoms with Crippen LogP contribution < -0.4 is 15.7 Å². The Morgan fingerprint density at radius 2 is 2.00 bits per heavy atom. The number of para-hydroxylation sites is 1. The number of benzene rings is 2. The van der Waals surface area contributed by atoms with Crippen molar-refractivity contribution in [3.63, 3.8) is 0 Å². The average Bonchev–Trinajstić information content (AvgIpc) is 2.69. The predicted molar refractivity (Wildman–Crippen MR) is 103 cm³/mol. The van der Waals surface area contributed by atoms with Crippen molar-refractivity contribution in [2.24, 2.45) is 0 Å². The number of carbonyl (C=O) groups is 1. The summed E-state index contributed by atoms with van der Waals surface area (Å²) in [6.07, 6.45) is 1.44. The molecule has 0 bridgehead atoms. The number of amides is 1. The number of carbonyl (C=O) groups excluding carboxylic acids is 1. The summed E-state index contributed by atoms with van der Waals surface area (Å²) in [6, 6.07) is 13.1.